The third-order valence-corrected chi connectivity index (χ3v) is 3.15. The minimum atomic E-state index is 0.641. The van der Waals surface area contributed by atoms with E-state index in [1.165, 1.54) is 0 Å². The van der Waals surface area contributed by atoms with Gasteiger partial charge in [-0.2, -0.15) is 0 Å². The fourth-order valence-corrected chi connectivity index (χ4v) is 2.14. The van der Waals surface area contributed by atoms with Gasteiger partial charge in [0.1, 0.15) is 0 Å². The number of hydrogen-bond acceptors (Lipinski definition) is 5. The average molecular weight is 266 g/mol. The van der Waals surface area contributed by atoms with E-state index in [2.05, 4.69) is 15.5 Å². The lowest BCUT2D eigenvalue weighted by atomic mass is 10.2. The van der Waals surface area contributed by atoms with Gasteiger partial charge in [-0.05, 0) is 22.6 Å². The highest BCUT2D eigenvalue weighted by atomic mass is 35.5. The second-order valence-electron chi connectivity index (χ2n) is 3.94. The van der Waals surface area contributed by atoms with Gasteiger partial charge >= 0.3 is 0 Å². The van der Waals surface area contributed by atoms with E-state index in [1.54, 1.807) is 4.79 Å². The molecule has 0 amide bonds. The topological polar surface area (TPSA) is 56.1 Å². The molecule has 1 aliphatic rings. The predicted molar refractivity (Wildman–Crippen MR) is 67.0 cm³/mol. The molecule has 1 saturated heterocycles. The molecule has 1 aromatic carbocycles. The minimum absolute atomic E-state index is 0.641. The van der Waals surface area contributed by atoms with Gasteiger partial charge in [-0.3, -0.25) is 5.01 Å². The second-order valence-corrected chi connectivity index (χ2v) is 4.35. The van der Waals surface area contributed by atoms with Crippen LogP contribution in [0.1, 0.15) is 0 Å². The zero-order valence-corrected chi connectivity index (χ0v) is 10.4. The summed E-state index contributed by atoms with van der Waals surface area (Å²) in [5, 5.41) is 14.5. The number of halogens is 1. The number of benzene rings is 1. The summed E-state index contributed by atoms with van der Waals surface area (Å²) >= 11 is 6.17. The molecule has 18 heavy (non-hydrogen) atoms. The van der Waals surface area contributed by atoms with Crippen molar-refractivity contribution < 1.29 is 4.74 Å². The Morgan fingerprint density at radius 2 is 1.94 bits per heavy atom. The van der Waals surface area contributed by atoms with Gasteiger partial charge in [-0.25, -0.2) is 0 Å². The number of rotatable bonds is 2. The van der Waals surface area contributed by atoms with E-state index in [9.17, 15) is 0 Å². The Kier molecular flexibility index (Phi) is 3.12. The molecule has 1 aromatic heterocycles. The molecule has 0 aliphatic carbocycles. The van der Waals surface area contributed by atoms with Gasteiger partial charge in [0.15, 0.2) is 0 Å². The monoisotopic (exact) mass is 265 g/mol. The van der Waals surface area contributed by atoms with Gasteiger partial charge in [0.05, 0.1) is 31.3 Å². The predicted octanol–water partition coefficient (Wildman–Crippen LogP) is 0.962. The van der Waals surface area contributed by atoms with Crippen LogP contribution in [0.25, 0.3) is 11.4 Å². The van der Waals surface area contributed by atoms with E-state index < -0.39 is 0 Å². The van der Waals surface area contributed by atoms with E-state index in [-0.39, 0.29) is 0 Å². The van der Waals surface area contributed by atoms with Crippen LogP contribution in [0.3, 0.4) is 0 Å². The summed E-state index contributed by atoms with van der Waals surface area (Å²) in [4.78, 5) is 1.70. The van der Waals surface area contributed by atoms with Crippen LogP contribution < -0.4 is 5.01 Å². The summed E-state index contributed by atoms with van der Waals surface area (Å²) in [5.41, 5.74) is 0.829. The Hall–Kier alpha value is -1.66. The van der Waals surface area contributed by atoms with Crippen LogP contribution in [-0.4, -0.2) is 46.6 Å². The molecule has 0 bridgehead atoms. The fraction of sp³-hybridized carbons (Fsp3) is 0.364. The maximum atomic E-state index is 6.17. The molecule has 1 fully saturated rings. The molecule has 2 heterocycles. The van der Waals surface area contributed by atoms with Gasteiger partial charge in [-0.1, -0.05) is 23.7 Å². The Labute approximate surface area is 109 Å². The summed E-state index contributed by atoms with van der Waals surface area (Å²) in [6.07, 6.45) is 0. The van der Waals surface area contributed by atoms with Crippen molar-refractivity contribution >= 4 is 11.6 Å². The number of tetrazole rings is 1. The van der Waals surface area contributed by atoms with Gasteiger partial charge in [0.25, 0.3) is 0 Å². The van der Waals surface area contributed by atoms with Crippen molar-refractivity contribution in [2.75, 3.05) is 31.3 Å². The highest BCUT2D eigenvalue weighted by molar-refractivity contribution is 6.33. The molecule has 0 N–H and O–H groups in total. The standard InChI is InChI=1S/C11H12ClN5O/c12-10-4-2-1-3-9(10)11-13-14-15-17(11)16-5-7-18-8-6-16/h1-4H,5-8H2. The number of aromatic nitrogens is 4. The van der Waals surface area contributed by atoms with Crippen molar-refractivity contribution in [2.45, 2.75) is 0 Å². The molecule has 0 spiro atoms. The number of morpholine rings is 1. The van der Waals surface area contributed by atoms with Gasteiger partial charge in [0, 0.05) is 5.56 Å². The fourth-order valence-electron chi connectivity index (χ4n) is 1.92. The lowest BCUT2D eigenvalue weighted by Crippen LogP contribution is -2.45. The van der Waals surface area contributed by atoms with Crippen molar-refractivity contribution in [1.82, 2.24) is 20.3 Å². The van der Waals surface area contributed by atoms with Crippen molar-refractivity contribution in [1.29, 1.82) is 0 Å². The van der Waals surface area contributed by atoms with Gasteiger partial charge < -0.3 is 4.74 Å². The molecule has 6 nitrogen and oxygen atoms in total. The first-order valence-corrected chi connectivity index (χ1v) is 6.10. The normalized spacial score (nSPS) is 15.9. The van der Waals surface area contributed by atoms with Crippen molar-refractivity contribution in [2.24, 2.45) is 0 Å². The second kappa shape index (κ2) is 4.91. The van der Waals surface area contributed by atoms with Crippen LogP contribution in [0.5, 0.6) is 0 Å². The average Bonchev–Trinajstić information content (AvgIpc) is 2.89. The van der Waals surface area contributed by atoms with Crippen LogP contribution in [0.15, 0.2) is 24.3 Å². The van der Waals surface area contributed by atoms with Gasteiger partial charge in [-0.15, -0.1) is 9.89 Å². The third kappa shape index (κ3) is 2.04. The number of nitrogens with zero attached hydrogens (tertiary/aromatic N) is 5. The Bertz CT molecular complexity index is 538. The first-order valence-electron chi connectivity index (χ1n) is 5.72. The molecule has 2 aromatic rings. The van der Waals surface area contributed by atoms with Crippen molar-refractivity contribution in [3.63, 3.8) is 0 Å². The maximum Gasteiger partial charge on any atom is 0.206 e. The van der Waals surface area contributed by atoms with E-state index in [1.807, 2.05) is 29.3 Å². The SMILES string of the molecule is Clc1ccccc1-c1nnnn1N1CCOCC1. The maximum absolute atomic E-state index is 6.17. The smallest absolute Gasteiger partial charge is 0.206 e. The lowest BCUT2D eigenvalue weighted by molar-refractivity contribution is 0.109. The summed E-state index contributed by atoms with van der Waals surface area (Å²) in [5.74, 6) is 0.655. The molecule has 0 radical (unpaired) electrons. The lowest BCUT2D eigenvalue weighted by Gasteiger charge is -2.28. The largest absolute Gasteiger partial charge is 0.378 e. The van der Waals surface area contributed by atoms with Gasteiger partial charge in [0.2, 0.25) is 5.82 Å². The van der Waals surface area contributed by atoms with Crippen LogP contribution >= 0.6 is 11.6 Å². The van der Waals surface area contributed by atoms with Crippen LogP contribution in [-0.2, 0) is 4.74 Å². The summed E-state index contributed by atoms with van der Waals surface area (Å²) in [6, 6.07) is 7.54. The van der Waals surface area contributed by atoms with Crippen LogP contribution in [0, 0.1) is 0 Å². The van der Waals surface area contributed by atoms with Crippen molar-refractivity contribution in [3.8, 4) is 11.4 Å². The molecule has 7 heteroatoms. The highest BCUT2D eigenvalue weighted by Gasteiger charge is 2.18. The zero-order valence-electron chi connectivity index (χ0n) is 9.66. The molecule has 94 valence electrons. The Balaban J connectivity index is 1.98. The zero-order chi connectivity index (χ0) is 12.4. The summed E-state index contributed by atoms with van der Waals surface area (Å²) in [7, 11) is 0. The molecule has 0 unspecified atom stereocenters. The van der Waals surface area contributed by atoms with E-state index in [0.717, 1.165) is 18.7 Å². The van der Waals surface area contributed by atoms with Crippen molar-refractivity contribution in [3.05, 3.63) is 29.3 Å². The van der Waals surface area contributed by atoms with E-state index in [0.29, 0.717) is 24.1 Å². The molecule has 1 aliphatic heterocycles. The molecular weight excluding hydrogens is 254 g/mol. The molecular formula is C11H12ClN5O. The summed E-state index contributed by atoms with van der Waals surface area (Å²) < 4.78 is 5.32. The number of ether oxygens (including phenoxy) is 1. The molecule has 3 rings (SSSR count). The first-order chi connectivity index (χ1) is 8.86. The Morgan fingerprint density at radius 1 is 1.17 bits per heavy atom. The Morgan fingerprint density at radius 3 is 2.72 bits per heavy atom. The number of hydrogen-bond donors (Lipinski definition) is 0. The molecule has 0 saturated carbocycles. The summed E-state index contributed by atoms with van der Waals surface area (Å²) in [6.45, 7) is 2.90. The van der Waals surface area contributed by atoms with Crippen LogP contribution in [0.4, 0.5) is 0 Å². The minimum Gasteiger partial charge on any atom is -0.378 e. The quantitative estimate of drug-likeness (QED) is 0.810. The van der Waals surface area contributed by atoms with Crippen LogP contribution in [0.2, 0.25) is 5.02 Å². The van der Waals surface area contributed by atoms with E-state index >= 15 is 0 Å². The first kappa shape index (κ1) is 11.4. The third-order valence-electron chi connectivity index (χ3n) is 2.82. The van der Waals surface area contributed by atoms with E-state index in [4.69, 9.17) is 16.3 Å². The molecule has 0 atom stereocenters. The highest BCUT2D eigenvalue weighted by Crippen LogP contribution is 2.25.